The summed E-state index contributed by atoms with van der Waals surface area (Å²) < 4.78 is 8.79. The lowest BCUT2D eigenvalue weighted by atomic mass is 9.95. The molecule has 0 unspecified atom stereocenters. The third kappa shape index (κ3) is 12.1. The first-order valence-corrected chi connectivity index (χ1v) is 36.1. The summed E-state index contributed by atoms with van der Waals surface area (Å²) in [6, 6.07) is 121. The molecule has 0 radical (unpaired) electrons. The van der Waals surface area contributed by atoms with Gasteiger partial charge in [0.15, 0.2) is 0 Å². The van der Waals surface area contributed by atoms with Crippen molar-refractivity contribution in [2.75, 3.05) is 0 Å². The lowest BCUT2D eigenvalue weighted by Gasteiger charge is -2.15. The maximum Gasteiger partial charge on any atom is 0.145 e. The van der Waals surface area contributed by atoms with Gasteiger partial charge >= 0.3 is 0 Å². The van der Waals surface area contributed by atoms with E-state index in [0.717, 1.165) is 168 Å². The summed E-state index contributed by atoms with van der Waals surface area (Å²) >= 11 is 0. The largest absolute Gasteiger partial charge is 0.306 e. The van der Waals surface area contributed by atoms with Gasteiger partial charge in [-0.3, -0.25) is 23.7 Å². The second kappa shape index (κ2) is 27.5. The zero-order valence-electron chi connectivity index (χ0n) is 59.0. The van der Waals surface area contributed by atoms with Crippen molar-refractivity contribution >= 4 is 82.4 Å². The normalized spacial score (nSPS) is 11.4. The first-order valence-electron chi connectivity index (χ1n) is 36.1. The van der Waals surface area contributed by atoms with Crippen LogP contribution in [0.1, 0.15) is 11.4 Å². The molecule has 0 saturated heterocycles. The fourth-order valence-electron chi connectivity index (χ4n) is 14.8. The molecule has 9 heterocycles. The van der Waals surface area contributed by atoms with Crippen molar-refractivity contribution < 1.29 is 0 Å². The van der Waals surface area contributed by atoms with E-state index in [1.54, 1.807) is 0 Å². The molecule has 0 amide bonds. The van der Waals surface area contributed by atoms with Crippen LogP contribution < -0.4 is 0 Å². The molecule has 21 aromatic rings. The number of hydrogen-bond donors (Lipinski definition) is 0. The Bertz CT molecular complexity index is 6440. The number of rotatable bonds is 10. The molecule has 12 nitrogen and oxygen atoms in total. The average Bonchev–Trinajstić information content (AvgIpc) is 1.51. The van der Waals surface area contributed by atoms with Crippen molar-refractivity contribution in [1.29, 1.82) is 0 Å². The minimum atomic E-state index is 0.843. The molecular weight excluding hydrogens is 1320 g/mol. The topological polar surface area (TPSA) is 122 Å². The van der Waals surface area contributed by atoms with Gasteiger partial charge in [0, 0.05) is 84.6 Å². The molecule has 0 aliphatic rings. The quantitative estimate of drug-likeness (QED) is 0.124. The number of fused-ring (bicyclic) bond motifs is 9. The first kappa shape index (κ1) is 64.2. The average molecular weight is 1390 g/mol. The Hall–Kier alpha value is -14.6. The van der Waals surface area contributed by atoms with Crippen LogP contribution in [0.3, 0.4) is 0 Å². The Balaban J connectivity index is 0.000000119. The maximum atomic E-state index is 5.28. The minimum absolute atomic E-state index is 0.843. The second-order valence-corrected chi connectivity index (χ2v) is 26.9. The molecule has 0 aliphatic carbocycles. The lowest BCUT2D eigenvalue weighted by Crippen LogP contribution is -2.02. The van der Waals surface area contributed by atoms with Gasteiger partial charge in [-0.1, -0.05) is 212 Å². The summed E-state index contributed by atoms with van der Waals surface area (Å²) in [7, 11) is 0. The van der Waals surface area contributed by atoms with E-state index in [0.29, 0.717) is 0 Å². The molecule has 12 heteroatoms. The molecule has 9 aromatic heterocycles. The van der Waals surface area contributed by atoms with Crippen LogP contribution in [0.15, 0.2) is 364 Å². The van der Waals surface area contributed by atoms with E-state index in [9.17, 15) is 0 Å². The monoisotopic (exact) mass is 1390 g/mol. The van der Waals surface area contributed by atoms with E-state index in [1.807, 2.05) is 108 Å². The van der Waals surface area contributed by atoms with Crippen molar-refractivity contribution in [1.82, 2.24) is 58.0 Å². The van der Waals surface area contributed by atoms with Gasteiger partial charge < -0.3 is 4.40 Å². The van der Waals surface area contributed by atoms with Crippen molar-refractivity contribution in [3.8, 4) is 96.1 Å². The van der Waals surface area contributed by atoms with Crippen LogP contribution in [0.2, 0.25) is 0 Å². The van der Waals surface area contributed by atoms with Gasteiger partial charge in [0.2, 0.25) is 0 Å². The van der Waals surface area contributed by atoms with Gasteiger partial charge in [0.05, 0.1) is 66.6 Å². The van der Waals surface area contributed by atoms with Gasteiger partial charge in [-0.25, -0.2) is 29.9 Å². The Morgan fingerprint density at radius 1 is 0.231 bits per heavy atom. The number of para-hydroxylation sites is 11. The molecule has 12 aromatic carbocycles. The Labute approximate surface area is 622 Å². The molecule has 0 fully saturated rings. The number of imidazole rings is 4. The summed E-state index contributed by atoms with van der Waals surface area (Å²) in [5, 5.41) is 4.55. The zero-order chi connectivity index (χ0) is 72.0. The highest BCUT2D eigenvalue weighted by Gasteiger charge is 2.24. The Kier molecular flexibility index (Phi) is 16.4. The highest BCUT2D eigenvalue weighted by atomic mass is 15.1. The highest BCUT2D eigenvalue weighted by Crippen LogP contribution is 2.41. The molecule has 0 saturated carbocycles. The summed E-state index contributed by atoms with van der Waals surface area (Å²) in [5.74, 6) is 2.53. The van der Waals surface area contributed by atoms with Crippen LogP contribution in [-0.4, -0.2) is 58.0 Å². The molecule has 21 rings (SSSR count). The minimum Gasteiger partial charge on any atom is -0.306 e. The lowest BCUT2D eigenvalue weighted by molar-refractivity contribution is 1.09. The van der Waals surface area contributed by atoms with E-state index in [2.05, 4.69) is 289 Å². The van der Waals surface area contributed by atoms with E-state index in [1.165, 1.54) is 22.3 Å². The maximum absolute atomic E-state index is 5.28. The molecule has 0 bridgehead atoms. The van der Waals surface area contributed by atoms with Crippen LogP contribution in [0, 0.1) is 13.8 Å². The number of pyridine rings is 5. The Morgan fingerprint density at radius 3 is 1.02 bits per heavy atom. The molecule has 0 atom stereocenters. The van der Waals surface area contributed by atoms with Crippen molar-refractivity contribution in [3.63, 3.8) is 0 Å². The summed E-state index contributed by atoms with van der Waals surface area (Å²) in [5.41, 5.74) is 27.3. The fourth-order valence-corrected chi connectivity index (χ4v) is 14.8. The summed E-state index contributed by atoms with van der Waals surface area (Å²) in [6.45, 7) is 4.11. The van der Waals surface area contributed by atoms with Gasteiger partial charge in [-0.05, 0) is 176 Å². The fraction of sp³-hybridized carbons (Fsp3) is 0.0208. The van der Waals surface area contributed by atoms with Gasteiger partial charge in [0.1, 0.15) is 28.8 Å². The predicted octanol–water partition coefficient (Wildman–Crippen LogP) is 23.2. The predicted molar refractivity (Wildman–Crippen MR) is 441 cm³/mol. The molecule has 0 aliphatic heterocycles. The van der Waals surface area contributed by atoms with Crippen molar-refractivity contribution in [2.45, 2.75) is 13.8 Å². The summed E-state index contributed by atoms with van der Waals surface area (Å²) in [4.78, 5) is 40.0. The SMILES string of the molecule is Cc1cc(-c2ccccc2)c2ccc3c(-c4ccccc4)cc(C)nc3c2n1.c1ccc(-n2c(-c3cc(-c4nc5ccccc5n4-c4ccccc4)cc(-c4nc5ccccc5n4-c4ccccc4)c3)nc3ccccc32)cc1.c1ccc2nc(-c3ccc4nc(-c5ccc6ccccc6n5)cn4c3)ccc2c1. The van der Waals surface area contributed by atoms with Crippen LogP contribution in [-0.2, 0) is 0 Å². The molecule has 0 N–H and O–H groups in total. The molecule has 0 spiro atoms. The number of aromatic nitrogens is 12. The van der Waals surface area contributed by atoms with E-state index in [4.69, 9.17) is 39.9 Å². The van der Waals surface area contributed by atoms with Crippen LogP contribution in [0.25, 0.3) is 178 Å². The van der Waals surface area contributed by atoms with E-state index in [-0.39, 0.29) is 0 Å². The van der Waals surface area contributed by atoms with Crippen LogP contribution >= 0.6 is 0 Å². The second-order valence-electron chi connectivity index (χ2n) is 26.9. The zero-order valence-corrected chi connectivity index (χ0v) is 59.0. The first-order chi connectivity index (χ1) is 53.3. The summed E-state index contributed by atoms with van der Waals surface area (Å²) in [6.07, 6.45) is 4.10. The number of benzene rings is 12. The smallest absolute Gasteiger partial charge is 0.145 e. The van der Waals surface area contributed by atoms with E-state index >= 15 is 0 Å². The van der Waals surface area contributed by atoms with Crippen molar-refractivity contribution in [3.05, 3.63) is 376 Å². The van der Waals surface area contributed by atoms with Gasteiger partial charge in [-0.15, -0.1) is 0 Å². The third-order valence-corrected chi connectivity index (χ3v) is 19.8. The number of nitrogens with zero attached hydrogens (tertiary/aromatic N) is 12. The van der Waals surface area contributed by atoms with Crippen LogP contribution in [0.5, 0.6) is 0 Å². The van der Waals surface area contributed by atoms with Gasteiger partial charge in [-0.2, -0.15) is 0 Å². The van der Waals surface area contributed by atoms with Gasteiger partial charge in [0.25, 0.3) is 0 Å². The highest BCUT2D eigenvalue weighted by molar-refractivity contribution is 6.12. The van der Waals surface area contributed by atoms with Crippen molar-refractivity contribution in [2.24, 2.45) is 0 Å². The number of aryl methyl sites for hydroxylation is 2. The standard InChI is InChI=1S/C45H30N6.C26H20N2.C25H16N4/c1-4-16-34(17-5-1)49-40-25-13-10-22-37(40)46-43(49)31-28-32(44-47-38-23-11-14-26-41(38)50(44)35-18-6-2-7-19-35)30-33(29-31)45-48-39-24-12-15-27-42(39)51(45)36-20-8-3-9-21-36;1-17-15-23(19-9-5-3-6-10-19)21-13-14-22-24(20-11-7-4-8-12-20)16-18(2)28-26(22)25(21)27-17;1-3-7-20-17(5-1)9-12-22(26-20)19-11-14-25-28-24(16-29(25)15-19)23-13-10-18-6-2-4-8-21(18)27-23/h1-30H;3-16H,1-2H3;1-16H. The third-order valence-electron chi connectivity index (χ3n) is 19.8. The molecule has 510 valence electrons. The molecular formula is C96H66N12. The number of hydrogen-bond acceptors (Lipinski definition) is 8. The van der Waals surface area contributed by atoms with Crippen LogP contribution in [0.4, 0.5) is 0 Å². The van der Waals surface area contributed by atoms with E-state index < -0.39 is 0 Å². The molecule has 108 heavy (non-hydrogen) atoms. The Morgan fingerprint density at radius 2 is 0.593 bits per heavy atom.